The van der Waals surface area contributed by atoms with Crippen LogP contribution in [-0.4, -0.2) is 23.1 Å². The largest absolute Gasteiger partial charge is 0.476 e. The Morgan fingerprint density at radius 1 is 1.39 bits per heavy atom. The topological polar surface area (TPSA) is 47.0 Å². The Morgan fingerprint density at radius 2 is 2.17 bits per heavy atom. The van der Waals surface area contributed by atoms with E-state index in [2.05, 4.69) is 52.0 Å². The summed E-state index contributed by atoms with van der Waals surface area (Å²) in [5.74, 6) is 1.79. The molecule has 0 aliphatic rings. The van der Waals surface area contributed by atoms with Crippen LogP contribution in [0.3, 0.4) is 0 Å². The molecule has 1 unspecified atom stereocenters. The molecule has 0 amide bonds. The number of hydrogen-bond donors (Lipinski definition) is 1. The van der Waals surface area contributed by atoms with E-state index in [1.807, 2.05) is 0 Å². The van der Waals surface area contributed by atoms with Gasteiger partial charge < -0.3 is 10.1 Å². The Hall–Kier alpha value is -0.840. The van der Waals surface area contributed by atoms with Gasteiger partial charge in [-0.1, -0.05) is 27.2 Å². The van der Waals surface area contributed by atoms with Gasteiger partial charge in [0.25, 0.3) is 0 Å². The molecule has 1 aromatic rings. The average molecular weight is 316 g/mol. The van der Waals surface area contributed by atoms with Crippen molar-refractivity contribution >= 4 is 21.9 Å². The smallest absolute Gasteiger partial charge is 0.232 e. The summed E-state index contributed by atoms with van der Waals surface area (Å²) in [7, 11) is 0. The fourth-order valence-corrected chi connectivity index (χ4v) is 1.88. The van der Waals surface area contributed by atoms with Gasteiger partial charge in [-0.05, 0) is 34.7 Å². The highest BCUT2D eigenvalue weighted by Gasteiger charge is 2.08. The predicted octanol–water partition coefficient (Wildman–Crippen LogP) is 3.88. The highest BCUT2D eigenvalue weighted by Crippen LogP contribution is 2.23. The van der Waals surface area contributed by atoms with E-state index in [4.69, 9.17) is 4.74 Å². The average Bonchev–Trinajstić information content (AvgIpc) is 2.36. The van der Waals surface area contributed by atoms with E-state index in [0.29, 0.717) is 24.4 Å². The van der Waals surface area contributed by atoms with Crippen LogP contribution in [0.1, 0.15) is 40.0 Å². The molecular weight excluding hydrogens is 294 g/mol. The number of nitrogens with one attached hydrogen (secondary N) is 1. The molecule has 18 heavy (non-hydrogen) atoms. The lowest BCUT2D eigenvalue weighted by molar-refractivity contribution is 0.241. The zero-order valence-electron chi connectivity index (χ0n) is 11.4. The van der Waals surface area contributed by atoms with Gasteiger partial charge in [0.2, 0.25) is 11.8 Å². The molecule has 0 saturated carbocycles. The fourth-order valence-electron chi connectivity index (χ4n) is 1.57. The second-order valence-electron chi connectivity index (χ2n) is 4.48. The lowest BCUT2D eigenvalue weighted by atomic mass is 10.1. The Bertz CT molecular complexity index is 360. The zero-order valence-corrected chi connectivity index (χ0v) is 13.0. The number of ether oxygens (including phenoxy) is 1. The molecule has 1 heterocycles. The van der Waals surface area contributed by atoms with Crippen molar-refractivity contribution in [3.63, 3.8) is 0 Å². The summed E-state index contributed by atoms with van der Waals surface area (Å²) in [6, 6.07) is 0. The van der Waals surface area contributed by atoms with Crippen LogP contribution in [0.25, 0.3) is 0 Å². The van der Waals surface area contributed by atoms with Crippen LogP contribution in [0.15, 0.2) is 10.7 Å². The van der Waals surface area contributed by atoms with Crippen molar-refractivity contribution in [1.82, 2.24) is 9.97 Å². The number of aromatic nitrogens is 2. The monoisotopic (exact) mass is 315 g/mol. The highest BCUT2D eigenvalue weighted by molar-refractivity contribution is 9.10. The van der Waals surface area contributed by atoms with Gasteiger partial charge in [-0.25, -0.2) is 4.98 Å². The van der Waals surface area contributed by atoms with E-state index in [1.165, 1.54) is 12.8 Å². The number of hydrogen-bond acceptors (Lipinski definition) is 4. The Balaban J connectivity index is 2.57. The number of nitrogens with zero attached hydrogens (tertiary/aromatic N) is 2. The number of halogens is 1. The first-order valence-electron chi connectivity index (χ1n) is 6.56. The van der Waals surface area contributed by atoms with Gasteiger partial charge in [-0.3, -0.25) is 0 Å². The van der Waals surface area contributed by atoms with Gasteiger partial charge in [-0.15, -0.1) is 0 Å². The summed E-state index contributed by atoms with van der Waals surface area (Å²) in [4.78, 5) is 8.54. The van der Waals surface area contributed by atoms with Crippen molar-refractivity contribution in [2.45, 2.75) is 40.0 Å². The van der Waals surface area contributed by atoms with E-state index in [1.54, 1.807) is 6.20 Å². The van der Waals surface area contributed by atoms with Crippen LogP contribution in [-0.2, 0) is 0 Å². The maximum Gasteiger partial charge on any atom is 0.232 e. The van der Waals surface area contributed by atoms with Crippen LogP contribution in [0.4, 0.5) is 5.95 Å². The first kappa shape index (κ1) is 15.2. The molecule has 4 nitrogen and oxygen atoms in total. The molecule has 0 bridgehead atoms. The Labute approximate surface area is 118 Å². The molecule has 1 rings (SSSR count). The summed E-state index contributed by atoms with van der Waals surface area (Å²) in [5.41, 5.74) is 0. The van der Waals surface area contributed by atoms with Crippen LogP contribution < -0.4 is 10.1 Å². The minimum absolute atomic E-state index is 0.545. The van der Waals surface area contributed by atoms with Crippen molar-refractivity contribution in [3.05, 3.63) is 10.7 Å². The summed E-state index contributed by atoms with van der Waals surface area (Å²) in [5, 5.41) is 3.15. The molecule has 1 N–H and O–H groups in total. The highest BCUT2D eigenvalue weighted by atomic mass is 79.9. The molecule has 5 heteroatoms. The van der Waals surface area contributed by atoms with Crippen molar-refractivity contribution < 1.29 is 4.74 Å². The molecule has 0 aliphatic heterocycles. The van der Waals surface area contributed by atoms with Gasteiger partial charge in [0.15, 0.2) is 0 Å². The molecule has 0 aliphatic carbocycles. The molecule has 1 atom stereocenters. The van der Waals surface area contributed by atoms with Crippen molar-refractivity contribution in [3.8, 4) is 5.88 Å². The molecule has 102 valence electrons. The third-order valence-corrected chi connectivity index (χ3v) is 3.08. The summed E-state index contributed by atoms with van der Waals surface area (Å²) >= 11 is 3.41. The van der Waals surface area contributed by atoms with Gasteiger partial charge in [-0.2, -0.15) is 4.98 Å². The van der Waals surface area contributed by atoms with Crippen LogP contribution >= 0.6 is 15.9 Å². The third-order valence-electron chi connectivity index (χ3n) is 2.53. The summed E-state index contributed by atoms with van der Waals surface area (Å²) < 4.78 is 6.53. The minimum atomic E-state index is 0.545. The zero-order chi connectivity index (χ0) is 13.4. The minimum Gasteiger partial charge on any atom is -0.476 e. The van der Waals surface area contributed by atoms with Crippen molar-refractivity contribution in [1.29, 1.82) is 0 Å². The molecule has 0 fully saturated rings. The SMILES string of the molecule is CCCNc1ncc(Br)c(OCC(C)CCC)n1. The van der Waals surface area contributed by atoms with Crippen molar-refractivity contribution in [2.24, 2.45) is 5.92 Å². The third kappa shape index (κ3) is 5.21. The molecule has 0 aromatic carbocycles. The molecule has 0 saturated heterocycles. The summed E-state index contributed by atoms with van der Waals surface area (Å²) in [6.07, 6.45) is 5.12. The Morgan fingerprint density at radius 3 is 2.83 bits per heavy atom. The first-order chi connectivity index (χ1) is 8.67. The quantitative estimate of drug-likeness (QED) is 0.791. The normalized spacial score (nSPS) is 12.2. The second kappa shape index (κ2) is 8.29. The maximum absolute atomic E-state index is 5.73. The van der Waals surface area contributed by atoms with Gasteiger partial charge in [0, 0.05) is 6.54 Å². The Kier molecular flexibility index (Phi) is 7.01. The van der Waals surface area contributed by atoms with Gasteiger partial charge in [0.05, 0.1) is 17.3 Å². The lowest BCUT2D eigenvalue weighted by Gasteiger charge is -2.13. The van der Waals surface area contributed by atoms with E-state index in [9.17, 15) is 0 Å². The van der Waals surface area contributed by atoms with Gasteiger partial charge >= 0.3 is 0 Å². The van der Waals surface area contributed by atoms with E-state index in [-0.39, 0.29) is 0 Å². The first-order valence-corrected chi connectivity index (χ1v) is 7.35. The maximum atomic E-state index is 5.73. The standard InChI is InChI=1S/C13H22BrN3O/c1-4-6-10(3)9-18-12-11(14)8-16-13(17-12)15-7-5-2/h8,10H,4-7,9H2,1-3H3,(H,15,16,17). The van der Waals surface area contributed by atoms with Gasteiger partial charge in [0.1, 0.15) is 0 Å². The lowest BCUT2D eigenvalue weighted by Crippen LogP contribution is -2.11. The van der Waals surface area contributed by atoms with Crippen LogP contribution in [0.5, 0.6) is 5.88 Å². The molecule has 0 spiro atoms. The molecular formula is C13H22BrN3O. The summed E-state index contributed by atoms with van der Waals surface area (Å²) in [6.45, 7) is 8.04. The molecule has 0 radical (unpaired) electrons. The number of rotatable bonds is 8. The van der Waals surface area contributed by atoms with Crippen LogP contribution in [0, 0.1) is 5.92 Å². The number of anilines is 1. The second-order valence-corrected chi connectivity index (χ2v) is 5.33. The van der Waals surface area contributed by atoms with Crippen molar-refractivity contribution in [2.75, 3.05) is 18.5 Å². The van der Waals surface area contributed by atoms with E-state index >= 15 is 0 Å². The molecule has 1 aromatic heterocycles. The van der Waals surface area contributed by atoms with Crippen LogP contribution in [0.2, 0.25) is 0 Å². The van der Waals surface area contributed by atoms with E-state index < -0.39 is 0 Å². The predicted molar refractivity (Wildman–Crippen MR) is 78.1 cm³/mol. The fraction of sp³-hybridized carbons (Fsp3) is 0.692. The van der Waals surface area contributed by atoms with E-state index in [0.717, 1.165) is 17.4 Å².